The third kappa shape index (κ3) is 2.67. The normalized spacial score (nSPS) is 10.4. The number of halogens is 1. The van der Waals surface area contributed by atoms with Crippen molar-refractivity contribution < 1.29 is 4.39 Å². The number of anilines is 1. The monoisotopic (exact) mass is 256 g/mol. The number of pyridine rings is 1. The fraction of sp³-hybridized carbons (Fsp3) is 0.222. The van der Waals surface area contributed by atoms with Crippen LogP contribution in [0.15, 0.2) is 27.6 Å². The average Bonchev–Trinajstić information content (AvgIpc) is 2.66. The van der Waals surface area contributed by atoms with Gasteiger partial charge in [-0.05, 0) is 23.9 Å². The molecule has 4 nitrogen and oxygen atoms in total. The minimum Gasteiger partial charge on any atom is -0.353 e. The van der Waals surface area contributed by atoms with Crippen LogP contribution in [0.4, 0.5) is 9.52 Å². The van der Waals surface area contributed by atoms with Gasteiger partial charge in [-0.15, -0.1) is 10.2 Å². The van der Waals surface area contributed by atoms with E-state index < -0.39 is 5.95 Å². The van der Waals surface area contributed by atoms with Crippen molar-refractivity contribution in [1.29, 1.82) is 0 Å². The van der Waals surface area contributed by atoms with Gasteiger partial charge in [-0.3, -0.25) is 0 Å². The molecule has 2 heterocycles. The molecular formula is C9H9FN4S2. The highest BCUT2D eigenvalue weighted by molar-refractivity contribution is 8.01. The first-order chi connectivity index (χ1) is 7.65. The predicted octanol–water partition coefficient (Wildman–Crippen LogP) is 2.29. The van der Waals surface area contributed by atoms with Crippen molar-refractivity contribution in [2.75, 3.05) is 19.0 Å². The maximum Gasteiger partial charge on any atom is 0.213 e. The zero-order valence-corrected chi connectivity index (χ0v) is 10.3. The molecule has 0 bridgehead atoms. The molecule has 0 saturated heterocycles. The molecule has 7 heteroatoms. The Balaban J connectivity index is 2.14. The van der Waals surface area contributed by atoms with E-state index in [4.69, 9.17) is 0 Å². The van der Waals surface area contributed by atoms with Crippen molar-refractivity contribution in [2.45, 2.75) is 9.37 Å². The molecule has 2 aromatic heterocycles. The molecule has 0 aliphatic carbocycles. The van der Waals surface area contributed by atoms with E-state index in [2.05, 4.69) is 15.2 Å². The summed E-state index contributed by atoms with van der Waals surface area (Å²) < 4.78 is 13.6. The lowest BCUT2D eigenvalue weighted by atomic mass is 10.5. The fourth-order valence-corrected chi connectivity index (χ4v) is 2.65. The Morgan fingerprint density at radius 2 is 2.12 bits per heavy atom. The van der Waals surface area contributed by atoms with Crippen LogP contribution in [0.25, 0.3) is 0 Å². The van der Waals surface area contributed by atoms with E-state index in [0.717, 1.165) is 9.47 Å². The SMILES string of the molecule is CN(C)c1nnc(Sc2cccc(F)n2)s1. The molecule has 0 aliphatic heterocycles. The Hall–Kier alpha value is -1.21. The molecule has 2 rings (SSSR count). The number of rotatable bonds is 3. The van der Waals surface area contributed by atoms with Crippen LogP contribution in [0.2, 0.25) is 0 Å². The third-order valence-electron chi connectivity index (χ3n) is 1.66. The van der Waals surface area contributed by atoms with Gasteiger partial charge in [0.2, 0.25) is 11.1 Å². The largest absolute Gasteiger partial charge is 0.353 e. The lowest BCUT2D eigenvalue weighted by molar-refractivity contribution is 0.572. The zero-order chi connectivity index (χ0) is 11.5. The van der Waals surface area contributed by atoms with Gasteiger partial charge in [-0.25, -0.2) is 4.98 Å². The maximum absolute atomic E-state index is 12.8. The topological polar surface area (TPSA) is 41.9 Å². The molecule has 0 aliphatic rings. The summed E-state index contributed by atoms with van der Waals surface area (Å²) >= 11 is 2.75. The Morgan fingerprint density at radius 1 is 1.31 bits per heavy atom. The van der Waals surface area contributed by atoms with E-state index in [9.17, 15) is 4.39 Å². The van der Waals surface area contributed by atoms with Crippen LogP contribution >= 0.6 is 23.1 Å². The second-order valence-electron chi connectivity index (χ2n) is 3.15. The summed E-state index contributed by atoms with van der Waals surface area (Å²) in [5.41, 5.74) is 0. The lowest BCUT2D eigenvalue weighted by Gasteiger charge is -2.03. The van der Waals surface area contributed by atoms with Crippen LogP contribution < -0.4 is 4.90 Å². The lowest BCUT2D eigenvalue weighted by Crippen LogP contribution is -2.07. The van der Waals surface area contributed by atoms with Crippen molar-refractivity contribution in [3.63, 3.8) is 0 Å². The molecule has 16 heavy (non-hydrogen) atoms. The highest BCUT2D eigenvalue weighted by Crippen LogP contribution is 2.31. The second-order valence-corrected chi connectivity index (χ2v) is 5.37. The van der Waals surface area contributed by atoms with Gasteiger partial charge in [0.25, 0.3) is 0 Å². The molecule has 0 N–H and O–H groups in total. The van der Waals surface area contributed by atoms with Crippen LogP contribution in [-0.4, -0.2) is 29.3 Å². The predicted molar refractivity (Wildman–Crippen MR) is 62.6 cm³/mol. The zero-order valence-electron chi connectivity index (χ0n) is 8.72. The summed E-state index contributed by atoms with van der Waals surface area (Å²) in [5, 5.41) is 9.38. The van der Waals surface area contributed by atoms with E-state index in [1.165, 1.54) is 29.2 Å². The summed E-state index contributed by atoms with van der Waals surface area (Å²) in [5.74, 6) is -0.484. The number of hydrogen-bond acceptors (Lipinski definition) is 6. The van der Waals surface area contributed by atoms with Crippen LogP contribution in [0.3, 0.4) is 0 Å². The van der Waals surface area contributed by atoms with Gasteiger partial charge < -0.3 is 4.90 Å². The molecule has 0 atom stereocenters. The van der Waals surface area contributed by atoms with Crippen molar-refractivity contribution in [1.82, 2.24) is 15.2 Å². The van der Waals surface area contributed by atoms with E-state index in [-0.39, 0.29) is 0 Å². The summed E-state index contributed by atoms with van der Waals surface area (Å²) in [7, 11) is 3.80. The Labute approximate surface area is 101 Å². The van der Waals surface area contributed by atoms with Gasteiger partial charge in [0.15, 0.2) is 4.34 Å². The van der Waals surface area contributed by atoms with Gasteiger partial charge in [0, 0.05) is 14.1 Å². The third-order valence-corrected chi connectivity index (χ3v) is 3.74. The van der Waals surface area contributed by atoms with Gasteiger partial charge >= 0.3 is 0 Å². The van der Waals surface area contributed by atoms with Crippen LogP contribution in [-0.2, 0) is 0 Å². The Kier molecular flexibility index (Phi) is 3.35. The van der Waals surface area contributed by atoms with Crippen LogP contribution in [0.1, 0.15) is 0 Å². The highest BCUT2D eigenvalue weighted by atomic mass is 32.2. The number of aromatic nitrogens is 3. The van der Waals surface area contributed by atoms with Crippen LogP contribution in [0.5, 0.6) is 0 Å². The van der Waals surface area contributed by atoms with Gasteiger partial charge in [0.05, 0.1) is 0 Å². The van der Waals surface area contributed by atoms with E-state index in [1.54, 1.807) is 12.1 Å². The molecular weight excluding hydrogens is 247 g/mol. The standard InChI is InChI=1S/C9H9FN4S2/c1-14(2)8-12-13-9(16-8)15-7-5-3-4-6(10)11-7/h3-5H,1-2H3. The quantitative estimate of drug-likeness (QED) is 0.788. The fourth-order valence-electron chi connectivity index (χ4n) is 0.960. The first kappa shape index (κ1) is 11.3. The summed E-state index contributed by atoms with van der Waals surface area (Å²) in [6.45, 7) is 0. The maximum atomic E-state index is 12.8. The minimum absolute atomic E-state index is 0.484. The first-order valence-electron chi connectivity index (χ1n) is 4.46. The molecule has 0 saturated carbocycles. The molecule has 84 valence electrons. The van der Waals surface area contributed by atoms with E-state index in [0.29, 0.717) is 5.03 Å². The van der Waals surface area contributed by atoms with Crippen molar-refractivity contribution in [2.24, 2.45) is 0 Å². The molecule has 0 radical (unpaired) electrons. The van der Waals surface area contributed by atoms with Crippen molar-refractivity contribution in [3.8, 4) is 0 Å². The Bertz CT molecular complexity index is 486. The van der Waals surface area contributed by atoms with Crippen molar-refractivity contribution in [3.05, 3.63) is 24.1 Å². The molecule has 0 aromatic carbocycles. The molecule has 0 spiro atoms. The van der Waals surface area contributed by atoms with Gasteiger partial charge in [0.1, 0.15) is 5.03 Å². The second kappa shape index (κ2) is 4.75. The van der Waals surface area contributed by atoms with Gasteiger partial charge in [-0.1, -0.05) is 17.4 Å². The summed E-state index contributed by atoms with van der Waals surface area (Å²) in [6, 6.07) is 4.68. The minimum atomic E-state index is -0.484. The molecule has 0 fully saturated rings. The number of hydrogen-bond donors (Lipinski definition) is 0. The van der Waals surface area contributed by atoms with Gasteiger partial charge in [-0.2, -0.15) is 4.39 Å². The van der Waals surface area contributed by atoms with Crippen LogP contribution in [0, 0.1) is 5.95 Å². The smallest absolute Gasteiger partial charge is 0.213 e. The number of nitrogens with zero attached hydrogens (tertiary/aromatic N) is 4. The summed E-state index contributed by atoms with van der Waals surface area (Å²) in [6.07, 6.45) is 0. The highest BCUT2D eigenvalue weighted by Gasteiger charge is 2.08. The van der Waals surface area contributed by atoms with E-state index >= 15 is 0 Å². The molecule has 0 amide bonds. The average molecular weight is 256 g/mol. The first-order valence-corrected chi connectivity index (χ1v) is 6.09. The van der Waals surface area contributed by atoms with E-state index in [1.807, 2.05) is 19.0 Å². The van der Waals surface area contributed by atoms with Crippen molar-refractivity contribution >= 4 is 28.2 Å². The summed E-state index contributed by atoms with van der Waals surface area (Å²) in [4.78, 5) is 5.62. The molecule has 2 aromatic rings. The molecule has 0 unspecified atom stereocenters. The Morgan fingerprint density at radius 3 is 2.75 bits per heavy atom.